The van der Waals surface area contributed by atoms with Crippen LogP contribution in [-0.4, -0.2) is 26.7 Å². The van der Waals surface area contributed by atoms with Gasteiger partial charge in [0.05, 0.1) is 0 Å². The Morgan fingerprint density at radius 3 is 2.08 bits per heavy atom. The van der Waals surface area contributed by atoms with Crippen molar-refractivity contribution < 1.29 is 30.2 Å². The Morgan fingerprint density at radius 2 is 1.54 bits per heavy atom. The topological polar surface area (TPSA) is 65.5 Å². The number of diazo groups is 1. The summed E-state index contributed by atoms with van der Waals surface area (Å²) in [4.78, 5) is 2.54. The highest BCUT2D eigenvalue weighted by Crippen LogP contribution is 2.27. The summed E-state index contributed by atoms with van der Waals surface area (Å²) in [5.41, 5.74) is -0.164. The van der Waals surface area contributed by atoms with Gasteiger partial charge in [0.2, 0.25) is 5.39 Å². The molecule has 148 valence electrons. The summed E-state index contributed by atoms with van der Waals surface area (Å²) in [6.45, 7) is 1.92. The molecule has 0 N–H and O–H groups in total. The van der Waals surface area contributed by atoms with Crippen LogP contribution in [0.25, 0.3) is 4.98 Å². The third-order valence-corrected chi connectivity index (χ3v) is 4.80. The lowest BCUT2D eigenvalue weighted by Crippen LogP contribution is -2.24. The minimum Gasteiger partial charge on any atom is -0.418 e. The molecule has 1 aromatic rings. The summed E-state index contributed by atoms with van der Waals surface area (Å²) >= 11 is 0. The average Bonchev–Trinajstić information content (AvgIpc) is 2.56. The summed E-state index contributed by atoms with van der Waals surface area (Å²) in [6, 6.07) is 5.51. The molecule has 0 bridgehead atoms. The molecule has 0 spiro atoms. The van der Waals surface area contributed by atoms with Gasteiger partial charge < -0.3 is 17.3 Å². The van der Waals surface area contributed by atoms with E-state index in [1.807, 2.05) is 0 Å². The molecule has 0 fully saturated rings. The Bertz CT molecular complexity index is 674. The quantitative estimate of drug-likeness (QED) is 0.175. The van der Waals surface area contributed by atoms with E-state index in [0.717, 1.165) is 32.1 Å². The van der Waals surface area contributed by atoms with Crippen LogP contribution in [0.3, 0.4) is 0 Å². The normalized spacial score (nSPS) is 11.6. The van der Waals surface area contributed by atoms with E-state index < -0.39 is 17.3 Å². The van der Waals surface area contributed by atoms with Gasteiger partial charge in [-0.05, 0) is 17.0 Å². The maximum atomic E-state index is 13.9. The fraction of sp³-hybridized carbons (Fsp3) is 0.571. The lowest BCUT2D eigenvalue weighted by atomic mass is 10.1. The predicted molar refractivity (Wildman–Crippen MR) is 89.7 cm³/mol. The Morgan fingerprint density at radius 1 is 1.04 bits per heavy atom. The maximum Gasteiger partial charge on any atom is 0.673 e. The molecule has 0 saturated carbocycles. The van der Waals surface area contributed by atoms with Gasteiger partial charge in [0.25, 0.3) is 10.0 Å². The van der Waals surface area contributed by atoms with Gasteiger partial charge in [-0.3, -0.25) is 0 Å². The monoisotopic (exact) mass is 401 g/mol. The van der Waals surface area contributed by atoms with Gasteiger partial charge in [0, 0.05) is 12.6 Å². The number of unbranched alkanes of at least 4 members (excludes halogenated alkanes) is 5. The van der Waals surface area contributed by atoms with Crippen molar-refractivity contribution in [3.8, 4) is 0 Å². The number of benzene rings is 1. The molecule has 0 radical (unpaired) electrons. The number of sulfonamides is 1. The fourth-order valence-electron chi connectivity index (χ4n) is 2.00. The largest absolute Gasteiger partial charge is 0.673 e. The van der Waals surface area contributed by atoms with E-state index in [-0.39, 0.29) is 21.7 Å². The number of rotatable bonds is 9. The van der Waals surface area contributed by atoms with Crippen LogP contribution in [0.4, 0.5) is 27.4 Å². The summed E-state index contributed by atoms with van der Waals surface area (Å²) in [6.07, 6.45) is 5.60. The van der Waals surface area contributed by atoms with E-state index in [1.165, 1.54) is 24.3 Å². The van der Waals surface area contributed by atoms with E-state index in [4.69, 9.17) is 5.39 Å². The summed E-state index contributed by atoms with van der Waals surface area (Å²) < 4.78 is 76.8. The lowest BCUT2D eigenvalue weighted by molar-refractivity contribution is 0.136. The smallest absolute Gasteiger partial charge is 0.418 e. The third-order valence-electron chi connectivity index (χ3n) is 3.20. The molecule has 0 aliphatic carbocycles. The zero-order valence-electron chi connectivity index (χ0n) is 14.3. The van der Waals surface area contributed by atoms with Crippen LogP contribution in [0.5, 0.6) is 0 Å². The van der Waals surface area contributed by atoms with Gasteiger partial charge in [-0.15, -0.1) is 4.48 Å². The molecule has 0 unspecified atom stereocenters. The van der Waals surface area contributed by atoms with Gasteiger partial charge in [0.15, 0.2) is 9.87 Å². The average molecular weight is 401 g/mol. The Labute approximate surface area is 149 Å². The summed E-state index contributed by atoms with van der Waals surface area (Å²) in [5.74, 6) is 0. The van der Waals surface area contributed by atoms with Crippen LogP contribution in [0.2, 0.25) is 0 Å². The molecular formula is C14H21BF5N3O2S. The first kappa shape index (κ1) is 24.3. The molecule has 0 saturated heterocycles. The Balaban J connectivity index is 0.00000110. The van der Waals surface area contributed by atoms with Crippen LogP contribution in [0.1, 0.15) is 45.4 Å². The predicted octanol–water partition coefficient (Wildman–Crippen LogP) is 5.71. The van der Waals surface area contributed by atoms with Crippen molar-refractivity contribution >= 4 is 23.0 Å². The van der Waals surface area contributed by atoms with Crippen molar-refractivity contribution in [2.45, 2.75) is 50.3 Å². The van der Waals surface area contributed by atoms with Crippen LogP contribution >= 0.6 is 0 Å². The molecule has 1 rings (SSSR count). The number of hydrogen-bond acceptors (Lipinski definition) is 3. The van der Waals surface area contributed by atoms with Crippen molar-refractivity contribution in [2.24, 2.45) is 0 Å². The highest BCUT2D eigenvalue weighted by Gasteiger charge is 2.31. The molecule has 1 aromatic carbocycles. The summed E-state index contributed by atoms with van der Waals surface area (Å²) in [7, 11) is -10.3. The highest BCUT2D eigenvalue weighted by atomic mass is 32.2. The van der Waals surface area contributed by atoms with E-state index in [1.54, 1.807) is 0 Å². The minimum atomic E-state index is -6.00. The zero-order valence-corrected chi connectivity index (χ0v) is 15.1. The second kappa shape index (κ2) is 11.8. The molecule has 0 atom stereocenters. The van der Waals surface area contributed by atoms with Gasteiger partial charge >= 0.3 is 12.9 Å². The van der Waals surface area contributed by atoms with E-state index in [2.05, 4.69) is 11.9 Å². The van der Waals surface area contributed by atoms with Gasteiger partial charge in [-0.2, -0.15) is 0 Å². The first-order chi connectivity index (χ1) is 12.0. The molecule has 0 aliphatic heterocycles. The van der Waals surface area contributed by atoms with E-state index in [0.29, 0.717) is 6.42 Å². The van der Waals surface area contributed by atoms with Crippen LogP contribution in [0.15, 0.2) is 29.2 Å². The molecule has 5 nitrogen and oxygen atoms in total. The van der Waals surface area contributed by atoms with Crippen molar-refractivity contribution in [3.63, 3.8) is 0 Å². The third kappa shape index (κ3) is 10.3. The van der Waals surface area contributed by atoms with E-state index >= 15 is 0 Å². The van der Waals surface area contributed by atoms with Crippen LogP contribution < -0.4 is 0 Å². The molecule has 0 amide bonds. The fourth-order valence-corrected chi connectivity index (χ4v) is 3.21. The Hall–Kier alpha value is -1.74. The van der Waals surface area contributed by atoms with Crippen LogP contribution in [-0.2, 0) is 10.0 Å². The van der Waals surface area contributed by atoms with Crippen molar-refractivity contribution in [2.75, 3.05) is 6.54 Å². The lowest BCUT2D eigenvalue weighted by Gasteiger charge is -2.11. The first-order valence-corrected chi connectivity index (χ1v) is 9.48. The summed E-state index contributed by atoms with van der Waals surface area (Å²) in [5, 5.41) is 8.78. The van der Waals surface area contributed by atoms with Crippen LogP contribution in [0, 0.1) is 5.39 Å². The van der Waals surface area contributed by atoms with Crippen molar-refractivity contribution in [1.29, 1.82) is 5.39 Å². The standard InChI is InChI=1S/C14H21FN3O2S.BF4/c1-2-3-4-5-6-9-12-18(15)21(19,20)14-11-8-7-10-13(14)17-16;2-1(3,4)5/h7-8,10-11H,2-6,9,12H2,1H3;/q+1;-1. The van der Waals surface area contributed by atoms with Gasteiger partial charge in [0.1, 0.15) is 0 Å². The molecule has 12 heteroatoms. The number of nitrogens with zero attached hydrogens (tertiary/aromatic N) is 3. The van der Waals surface area contributed by atoms with E-state index in [9.17, 15) is 30.2 Å². The molecule has 0 heterocycles. The zero-order chi connectivity index (χ0) is 20.2. The second-order valence-electron chi connectivity index (χ2n) is 5.35. The molecule has 0 aromatic heterocycles. The number of hydrogen-bond donors (Lipinski definition) is 0. The SMILES string of the molecule is CCCCCCCCN(F)S(=O)(=O)c1ccccc1[N+]#N.F[B-](F)(F)F. The van der Waals surface area contributed by atoms with Gasteiger partial charge in [-0.25, -0.2) is 8.42 Å². The molecule has 0 aliphatic rings. The van der Waals surface area contributed by atoms with Crippen molar-refractivity contribution in [3.05, 3.63) is 29.2 Å². The maximum absolute atomic E-state index is 13.9. The second-order valence-corrected chi connectivity index (χ2v) is 7.13. The highest BCUT2D eigenvalue weighted by molar-refractivity contribution is 7.89. The minimum absolute atomic E-state index is 0.164. The van der Waals surface area contributed by atoms with Gasteiger partial charge in [-0.1, -0.05) is 51.2 Å². The molecule has 26 heavy (non-hydrogen) atoms. The first-order valence-electron chi connectivity index (χ1n) is 8.04. The molecular weight excluding hydrogens is 380 g/mol. The number of halogens is 5. The van der Waals surface area contributed by atoms with Crippen molar-refractivity contribution in [1.82, 2.24) is 4.53 Å². The Kier molecular flexibility index (Phi) is 11.0.